The van der Waals surface area contributed by atoms with Crippen LogP contribution < -0.4 is 13.1 Å². The first-order chi connectivity index (χ1) is 11.0. The monoisotopic (exact) mass is 376 g/mol. The molecule has 0 amide bonds. The Morgan fingerprint density at radius 3 is 0.913 bits per heavy atom. The van der Waals surface area contributed by atoms with E-state index in [0.717, 1.165) is 0 Å². The fourth-order valence-corrected chi connectivity index (χ4v) is 7.86. The van der Waals surface area contributed by atoms with Crippen molar-refractivity contribution in [3.05, 3.63) is 90.2 Å². The van der Waals surface area contributed by atoms with Gasteiger partial charge in [-0.25, -0.2) is 0 Å². The molecule has 3 aromatic carbocycles. The van der Waals surface area contributed by atoms with Crippen LogP contribution in [0.25, 0.3) is 0 Å². The van der Waals surface area contributed by atoms with E-state index in [9.17, 15) is 16.9 Å². The number of hydrogen-bond acceptors (Lipinski definition) is 1. The second kappa shape index (κ2) is 6.13. The van der Waals surface area contributed by atoms with Crippen LogP contribution in [0.15, 0.2) is 72.8 Å². The molecule has 0 bridgehead atoms. The van der Waals surface area contributed by atoms with Crippen molar-refractivity contribution in [2.45, 2.75) is 0 Å². The van der Waals surface area contributed by atoms with Gasteiger partial charge in [0.05, 0.1) is 0 Å². The Morgan fingerprint density at radius 2 is 0.696 bits per heavy atom. The van der Waals surface area contributed by atoms with Crippen LogP contribution in [-0.4, -0.2) is 13.5 Å². The van der Waals surface area contributed by atoms with Gasteiger partial charge in [-0.05, 0) is 0 Å². The number of halogens is 3. The van der Waals surface area contributed by atoms with E-state index in [1.54, 1.807) is 0 Å². The molecule has 23 heavy (non-hydrogen) atoms. The number of rotatable bonds is 3. The van der Waals surface area contributed by atoms with Crippen LogP contribution in [0.2, 0.25) is 0 Å². The molecule has 3 aromatic rings. The zero-order chi connectivity index (χ0) is 16.4. The minimum atomic E-state index is -4.12. The van der Waals surface area contributed by atoms with Gasteiger partial charge in [0, 0.05) is 0 Å². The van der Waals surface area contributed by atoms with Crippen LogP contribution in [0.5, 0.6) is 0 Å². The van der Waals surface area contributed by atoms with Crippen molar-refractivity contribution in [3.63, 3.8) is 0 Å². The van der Waals surface area contributed by atoms with E-state index >= 15 is 0 Å². The van der Waals surface area contributed by atoms with Crippen molar-refractivity contribution in [3.8, 4) is 0 Å². The summed E-state index contributed by atoms with van der Waals surface area (Å²) < 4.78 is 54.8. The summed E-state index contributed by atoms with van der Waals surface area (Å²) in [4.78, 5) is 0. The Balaban J connectivity index is 2.24. The molecule has 1 nitrogen and oxygen atoms in total. The SMILES string of the molecule is O=[As](c1ccc(F)cc1)(c1ccc(F)cc1)c1ccc(F)cc1. The van der Waals surface area contributed by atoms with Crippen LogP contribution in [0.4, 0.5) is 13.2 Å². The van der Waals surface area contributed by atoms with Crippen molar-refractivity contribution in [2.75, 3.05) is 0 Å². The Hall–Kier alpha value is -2.19. The molecule has 0 spiro atoms. The van der Waals surface area contributed by atoms with Crippen LogP contribution in [0.3, 0.4) is 0 Å². The third-order valence-corrected chi connectivity index (χ3v) is 10.0. The zero-order valence-corrected chi connectivity index (χ0v) is 13.8. The van der Waals surface area contributed by atoms with E-state index in [1.165, 1.54) is 72.8 Å². The second-order valence-electron chi connectivity index (χ2n) is 5.04. The fraction of sp³-hybridized carbons (Fsp3) is 0. The van der Waals surface area contributed by atoms with Crippen LogP contribution in [0.1, 0.15) is 0 Å². The predicted octanol–water partition coefficient (Wildman–Crippen LogP) is 2.50. The molecule has 0 aliphatic rings. The normalized spacial score (nSPS) is 11.4. The van der Waals surface area contributed by atoms with E-state index in [1.807, 2.05) is 0 Å². The Kier molecular flexibility index (Phi) is 4.18. The summed E-state index contributed by atoms with van der Waals surface area (Å²) >= 11 is -4.12. The molecule has 0 saturated carbocycles. The number of hydrogen-bond donors (Lipinski definition) is 0. The van der Waals surface area contributed by atoms with Crippen molar-refractivity contribution in [2.24, 2.45) is 0 Å². The summed E-state index contributed by atoms with van der Waals surface area (Å²) in [6.45, 7) is 0. The summed E-state index contributed by atoms with van der Waals surface area (Å²) in [5.74, 6) is -1.31. The molecule has 3 rings (SSSR count). The Morgan fingerprint density at radius 1 is 0.478 bits per heavy atom. The van der Waals surface area contributed by atoms with E-state index < -0.39 is 30.9 Å². The van der Waals surface area contributed by atoms with Crippen LogP contribution in [-0.2, 0) is 3.74 Å². The quantitative estimate of drug-likeness (QED) is 0.642. The third kappa shape index (κ3) is 2.99. The van der Waals surface area contributed by atoms with Gasteiger partial charge < -0.3 is 0 Å². The first-order valence-corrected chi connectivity index (χ1v) is 10.5. The average molecular weight is 376 g/mol. The molecule has 0 saturated heterocycles. The maximum absolute atomic E-state index is 13.8. The van der Waals surface area contributed by atoms with Gasteiger partial charge in [-0.2, -0.15) is 0 Å². The molecule has 5 heteroatoms. The summed E-state index contributed by atoms with van der Waals surface area (Å²) in [7, 11) is 0. The second-order valence-corrected chi connectivity index (χ2v) is 10.8. The molecular weight excluding hydrogens is 364 g/mol. The summed E-state index contributed by atoms with van der Waals surface area (Å²) in [6.07, 6.45) is 0. The van der Waals surface area contributed by atoms with Gasteiger partial charge in [0.15, 0.2) is 0 Å². The zero-order valence-electron chi connectivity index (χ0n) is 11.9. The van der Waals surface area contributed by atoms with Crippen LogP contribution >= 0.6 is 0 Å². The van der Waals surface area contributed by atoms with Gasteiger partial charge in [0.25, 0.3) is 0 Å². The summed E-state index contributed by atoms with van der Waals surface area (Å²) in [5.41, 5.74) is 0. The van der Waals surface area contributed by atoms with E-state index in [0.29, 0.717) is 13.1 Å². The molecule has 0 atom stereocenters. The van der Waals surface area contributed by atoms with Gasteiger partial charge in [-0.3, -0.25) is 0 Å². The average Bonchev–Trinajstić information content (AvgIpc) is 2.56. The molecule has 0 N–H and O–H groups in total. The van der Waals surface area contributed by atoms with E-state index in [2.05, 4.69) is 0 Å². The van der Waals surface area contributed by atoms with E-state index in [4.69, 9.17) is 0 Å². The van der Waals surface area contributed by atoms with Crippen molar-refractivity contribution in [1.82, 2.24) is 0 Å². The summed E-state index contributed by atoms with van der Waals surface area (Å²) in [5, 5.41) is 0. The van der Waals surface area contributed by atoms with Gasteiger partial charge in [-0.1, -0.05) is 0 Å². The first kappa shape index (κ1) is 15.7. The third-order valence-electron chi connectivity index (χ3n) is 3.57. The Labute approximate surface area is 134 Å². The molecule has 116 valence electrons. The first-order valence-electron chi connectivity index (χ1n) is 6.88. The standard InChI is InChI=1S/C18H12AsF3O/c20-16-7-1-13(2-8-16)19(23,14-3-9-17(21)10-4-14)15-5-11-18(22)12-6-15/h1-12H. The van der Waals surface area contributed by atoms with Crippen LogP contribution in [0, 0.1) is 17.5 Å². The van der Waals surface area contributed by atoms with Crippen molar-refractivity contribution in [1.29, 1.82) is 0 Å². The van der Waals surface area contributed by atoms with Gasteiger partial charge in [0.2, 0.25) is 0 Å². The van der Waals surface area contributed by atoms with Crippen molar-refractivity contribution < 1.29 is 16.9 Å². The fourth-order valence-electron chi connectivity index (χ4n) is 2.40. The molecule has 0 radical (unpaired) electrons. The molecule has 0 aliphatic heterocycles. The van der Waals surface area contributed by atoms with Gasteiger partial charge in [0.1, 0.15) is 0 Å². The molecular formula is C18H12AsF3O. The Bertz CT molecular complexity index is 739. The van der Waals surface area contributed by atoms with Gasteiger partial charge >= 0.3 is 134 Å². The molecule has 0 fully saturated rings. The minimum absolute atomic E-state index is 0.436. The molecule has 0 unspecified atom stereocenters. The maximum atomic E-state index is 13.8. The summed E-state index contributed by atoms with van der Waals surface area (Å²) in [6, 6.07) is 16.2. The van der Waals surface area contributed by atoms with Crippen molar-refractivity contribution >= 4 is 26.5 Å². The molecule has 0 heterocycles. The van der Waals surface area contributed by atoms with Gasteiger partial charge in [-0.15, -0.1) is 0 Å². The predicted molar refractivity (Wildman–Crippen MR) is 84.5 cm³/mol. The topological polar surface area (TPSA) is 17.1 Å². The molecule has 0 aromatic heterocycles. The molecule has 0 aliphatic carbocycles. The van der Waals surface area contributed by atoms with E-state index in [-0.39, 0.29) is 0 Å². The number of benzene rings is 3.